The Morgan fingerprint density at radius 3 is 2.52 bits per heavy atom. The van der Waals surface area contributed by atoms with E-state index in [2.05, 4.69) is 30.3 Å². The van der Waals surface area contributed by atoms with Gasteiger partial charge in [-0.3, -0.25) is 0 Å². The summed E-state index contributed by atoms with van der Waals surface area (Å²) in [5.41, 5.74) is 5.80. The maximum absolute atomic E-state index is 11.9. The van der Waals surface area contributed by atoms with E-state index >= 15 is 0 Å². The number of carbonyl (C=O) groups is 1. The van der Waals surface area contributed by atoms with E-state index in [4.69, 9.17) is 4.74 Å². The molecule has 0 radical (unpaired) electrons. The van der Waals surface area contributed by atoms with E-state index in [9.17, 15) is 4.79 Å². The van der Waals surface area contributed by atoms with Crippen LogP contribution in [0.3, 0.4) is 0 Å². The molecule has 0 saturated carbocycles. The van der Waals surface area contributed by atoms with Gasteiger partial charge in [0.15, 0.2) is 0 Å². The minimum Gasteiger partial charge on any atom is -0.465 e. The van der Waals surface area contributed by atoms with E-state index in [1.54, 1.807) is 0 Å². The highest BCUT2D eigenvalue weighted by Crippen LogP contribution is 2.63. The molecule has 1 aliphatic heterocycles. The minimum absolute atomic E-state index is 0.0457. The summed E-state index contributed by atoms with van der Waals surface area (Å²) in [6.45, 7) is 0. The molecule has 0 N–H and O–H groups in total. The zero-order valence-corrected chi connectivity index (χ0v) is 13.2. The van der Waals surface area contributed by atoms with Crippen LogP contribution in [0.25, 0.3) is 11.1 Å². The van der Waals surface area contributed by atoms with Crippen molar-refractivity contribution in [1.82, 2.24) is 0 Å². The number of carbonyl (C=O) groups excluding carboxylic acids is 1. The molecule has 2 nitrogen and oxygen atoms in total. The number of methoxy groups -OCH3 is 1. The van der Waals surface area contributed by atoms with Crippen LogP contribution in [0.5, 0.6) is 0 Å². The summed E-state index contributed by atoms with van der Waals surface area (Å²) in [6, 6.07) is 14.5. The molecule has 2 aliphatic rings. The zero-order valence-electron chi connectivity index (χ0n) is 11.6. The Kier molecular flexibility index (Phi) is 3.05. The normalized spacial score (nSPS) is 17.6. The second kappa shape index (κ2) is 4.82. The Morgan fingerprint density at radius 2 is 1.76 bits per heavy atom. The number of esters is 1. The van der Waals surface area contributed by atoms with Gasteiger partial charge in [0, 0.05) is 11.5 Å². The number of ether oxygens (including phenoxy) is 1. The fourth-order valence-corrected chi connectivity index (χ4v) is 6.56. The summed E-state index contributed by atoms with van der Waals surface area (Å²) >= 11 is 3.95. The Labute approximate surface area is 132 Å². The molecule has 0 amide bonds. The number of benzene rings is 2. The third kappa shape index (κ3) is 1.79. The Bertz CT molecular complexity index is 733. The van der Waals surface area contributed by atoms with Crippen molar-refractivity contribution in [3.63, 3.8) is 0 Å². The van der Waals surface area contributed by atoms with Gasteiger partial charge in [-0.25, -0.2) is 4.79 Å². The summed E-state index contributed by atoms with van der Waals surface area (Å²) in [5.74, 6) is 2.01. The van der Waals surface area contributed by atoms with Crippen LogP contribution in [0.4, 0.5) is 0 Å². The van der Waals surface area contributed by atoms with Crippen molar-refractivity contribution in [1.29, 1.82) is 0 Å². The molecule has 1 saturated heterocycles. The maximum atomic E-state index is 11.9. The van der Waals surface area contributed by atoms with Gasteiger partial charge in [0.05, 0.1) is 12.7 Å². The molecule has 1 fully saturated rings. The molecule has 1 heterocycles. The van der Waals surface area contributed by atoms with Crippen LogP contribution in [0, 0.1) is 0 Å². The summed E-state index contributed by atoms with van der Waals surface area (Å²) in [4.78, 5) is 11.9. The molecule has 106 valence electrons. The lowest BCUT2D eigenvalue weighted by Gasteiger charge is -2.24. The first-order valence-electron chi connectivity index (χ1n) is 6.87. The van der Waals surface area contributed by atoms with Crippen LogP contribution in [-0.2, 0) is 8.82 Å². The van der Waals surface area contributed by atoms with E-state index in [0.717, 1.165) is 11.5 Å². The molecular formula is C17H14O2S2. The van der Waals surface area contributed by atoms with Gasteiger partial charge in [0.1, 0.15) is 4.08 Å². The Morgan fingerprint density at radius 1 is 1.05 bits per heavy atom. The Hall–Kier alpha value is -1.39. The molecule has 0 aromatic heterocycles. The van der Waals surface area contributed by atoms with E-state index < -0.39 is 0 Å². The monoisotopic (exact) mass is 314 g/mol. The molecular weight excluding hydrogens is 300 g/mol. The standard InChI is InChI=1S/C17H14O2S2/c1-19-16(18)11-6-7-13-12-4-2-3-5-14(12)17(15(13)10-11)20-8-9-21-17/h2-7,10H,8-9H2,1H3. The van der Waals surface area contributed by atoms with Crippen molar-refractivity contribution in [2.75, 3.05) is 18.6 Å². The predicted octanol–water partition coefficient (Wildman–Crippen LogP) is 4.13. The largest absolute Gasteiger partial charge is 0.465 e. The molecule has 2 aromatic carbocycles. The average Bonchev–Trinajstić information content (AvgIpc) is 3.13. The van der Waals surface area contributed by atoms with Crippen molar-refractivity contribution in [3.8, 4) is 11.1 Å². The number of fused-ring (bicyclic) bond motifs is 5. The summed E-state index contributed by atoms with van der Waals surface area (Å²) < 4.78 is 4.83. The second-order valence-electron chi connectivity index (χ2n) is 5.11. The van der Waals surface area contributed by atoms with Crippen molar-refractivity contribution < 1.29 is 9.53 Å². The minimum atomic E-state index is -0.267. The lowest BCUT2D eigenvalue weighted by atomic mass is 10.0. The van der Waals surface area contributed by atoms with E-state index in [1.165, 1.54) is 29.4 Å². The van der Waals surface area contributed by atoms with Crippen molar-refractivity contribution in [2.45, 2.75) is 4.08 Å². The van der Waals surface area contributed by atoms with Crippen molar-refractivity contribution in [3.05, 3.63) is 59.2 Å². The van der Waals surface area contributed by atoms with Gasteiger partial charge < -0.3 is 4.74 Å². The quantitative estimate of drug-likeness (QED) is 0.739. The van der Waals surface area contributed by atoms with E-state index in [1.807, 2.05) is 35.7 Å². The zero-order chi connectivity index (χ0) is 14.4. The van der Waals surface area contributed by atoms with Crippen LogP contribution in [0.2, 0.25) is 0 Å². The van der Waals surface area contributed by atoms with Crippen LogP contribution < -0.4 is 0 Å². The van der Waals surface area contributed by atoms with Crippen molar-refractivity contribution in [2.24, 2.45) is 0 Å². The number of rotatable bonds is 1. The highest BCUT2D eigenvalue weighted by molar-refractivity contribution is 8.20. The van der Waals surface area contributed by atoms with Crippen LogP contribution in [0.1, 0.15) is 21.5 Å². The van der Waals surface area contributed by atoms with Gasteiger partial charge in [-0.1, -0.05) is 30.3 Å². The highest BCUT2D eigenvalue weighted by atomic mass is 32.2. The Balaban J connectivity index is 1.97. The molecule has 4 heteroatoms. The van der Waals surface area contributed by atoms with Gasteiger partial charge in [0.2, 0.25) is 0 Å². The number of thioether (sulfide) groups is 2. The SMILES string of the molecule is COC(=O)c1ccc2c(c1)C1(SCCS1)c1ccccc1-2. The van der Waals surface area contributed by atoms with Crippen LogP contribution in [-0.4, -0.2) is 24.6 Å². The second-order valence-corrected chi connectivity index (χ2v) is 7.99. The molecule has 0 unspecified atom stereocenters. The molecule has 21 heavy (non-hydrogen) atoms. The first-order chi connectivity index (χ1) is 10.3. The van der Waals surface area contributed by atoms with Crippen LogP contribution >= 0.6 is 23.5 Å². The number of hydrogen-bond donors (Lipinski definition) is 0. The molecule has 0 bridgehead atoms. The fraction of sp³-hybridized carbons (Fsp3) is 0.235. The maximum Gasteiger partial charge on any atom is 0.337 e. The lowest BCUT2D eigenvalue weighted by Crippen LogP contribution is -2.13. The van der Waals surface area contributed by atoms with Gasteiger partial charge in [-0.2, -0.15) is 0 Å². The number of hydrogen-bond acceptors (Lipinski definition) is 4. The van der Waals surface area contributed by atoms with Crippen LogP contribution in [0.15, 0.2) is 42.5 Å². The first-order valence-corrected chi connectivity index (χ1v) is 8.84. The molecule has 1 aliphatic carbocycles. The summed E-state index contributed by atoms with van der Waals surface area (Å²) in [6.07, 6.45) is 0. The molecule has 1 spiro atoms. The predicted molar refractivity (Wildman–Crippen MR) is 88.9 cm³/mol. The first kappa shape index (κ1) is 13.3. The lowest BCUT2D eigenvalue weighted by molar-refractivity contribution is 0.0600. The van der Waals surface area contributed by atoms with E-state index in [-0.39, 0.29) is 10.0 Å². The summed E-state index contributed by atoms with van der Waals surface area (Å²) in [7, 11) is 1.43. The molecule has 2 aromatic rings. The summed E-state index contributed by atoms with van der Waals surface area (Å²) in [5, 5.41) is 0. The smallest absolute Gasteiger partial charge is 0.337 e. The topological polar surface area (TPSA) is 26.3 Å². The average molecular weight is 314 g/mol. The third-order valence-corrected chi connectivity index (χ3v) is 7.54. The molecule has 0 atom stereocenters. The van der Waals surface area contributed by atoms with Crippen molar-refractivity contribution >= 4 is 29.5 Å². The van der Waals surface area contributed by atoms with Gasteiger partial charge in [-0.15, -0.1) is 23.5 Å². The van der Waals surface area contributed by atoms with E-state index in [0.29, 0.717) is 5.56 Å². The third-order valence-electron chi connectivity index (χ3n) is 4.06. The van der Waals surface area contributed by atoms with Gasteiger partial charge in [-0.05, 0) is 34.4 Å². The highest BCUT2D eigenvalue weighted by Gasteiger charge is 2.46. The molecule has 4 rings (SSSR count). The van der Waals surface area contributed by atoms with Gasteiger partial charge >= 0.3 is 5.97 Å². The fourth-order valence-electron chi connectivity index (χ4n) is 3.17. The van der Waals surface area contributed by atoms with Gasteiger partial charge in [0.25, 0.3) is 0 Å².